The Morgan fingerprint density at radius 1 is 0.902 bits per heavy atom. The molecule has 4 heterocycles. The Morgan fingerprint density at radius 2 is 1.63 bits per heavy atom. The molecule has 2 amide bonds. The fourth-order valence-corrected chi connectivity index (χ4v) is 7.75. The van der Waals surface area contributed by atoms with Gasteiger partial charge in [-0.15, -0.1) is 10.2 Å². The maximum Gasteiger partial charge on any atom is 0.416 e. The first-order valence-corrected chi connectivity index (χ1v) is 16.9. The van der Waals surface area contributed by atoms with Crippen LogP contribution in [0.2, 0.25) is 0 Å². The number of anilines is 2. The molecule has 0 spiro atoms. The van der Waals surface area contributed by atoms with E-state index in [1.54, 1.807) is 25.2 Å². The van der Waals surface area contributed by atoms with Crippen molar-refractivity contribution in [3.63, 3.8) is 0 Å². The fraction of sp³-hybridized carbons (Fsp3) is 0.472. The zero-order valence-electron chi connectivity index (χ0n) is 28.4. The fourth-order valence-electron chi connectivity index (χ4n) is 7.75. The molecule has 0 radical (unpaired) electrons. The number of aliphatic carboxylic acids is 1. The first kappa shape index (κ1) is 35.9. The van der Waals surface area contributed by atoms with Crippen LogP contribution < -0.4 is 20.3 Å². The average molecular weight is 711 g/mol. The first-order valence-electron chi connectivity index (χ1n) is 16.9. The molecule has 1 aromatic heterocycles. The van der Waals surface area contributed by atoms with Gasteiger partial charge in [0.15, 0.2) is 11.5 Å². The monoisotopic (exact) mass is 710 g/mol. The first-order chi connectivity index (χ1) is 24.4. The number of carboxylic acids is 1. The third kappa shape index (κ3) is 7.58. The van der Waals surface area contributed by atoms with Crippen molar-refractivity contribution >= 4 is 29.3 Å². The number of likely N-dealkylation sites (tertiary alicyclic amines) is 1. The summed E-state index contributed by atoms with van der Waals surface area (Å²) in [6, 6.07) is 14.4. The van der Waals surface area contributed by atoms with E-state index in [0.29, 0.717) is 68.4 Å². The van der Waals surface area contributed by atoms with Crippen LogP contribution in [0.1, 0.15) is 51.9 Å². The Bertz CT molecular complexity index is 1730. The van der Waals surface area contributed by atoms with Crippen LogP contribution in [0, 0.1) is 17.8 Å². The normalized spacial score (nSPS) is 22.7. The number of rotatable bonds is 10. The van der Waals surface area contributed by atoms with Crippen molar-refractivity contribution in [2.24, 2.45) is 23.5 Å². The van der Waals surface area contributed by atoms with E-state index in [1.165, 1.54) is 12.1 Å². The number of alkyl halides is 3. The topological polar surface area (TPSA) is 151 Å². The predicted molar refractivity (Wildman–Crippen MR) is 181 cm³/mol. The SMILES string of the molecule is COC[C@H]1CN(C(=O)[C@@H]2CN(c3ccc(C(N)=O)nn3)C[C@H]2c2ccc(OC)cc2)C[C@@H]1c1ccc(C(F)(F)F)cc1N1CCC(C(=O)O)CC1. The van der Waals surface area contributed by atoms with E-state index in [1.807, 2.05) is 34.1 Å². The number of hydrogen-bond acceptors (Lipinski definition) is 9. The van der Waals surface area contributed by atoms with Crippen molar-refractivity contribution in [2.45, 2.75) is 30.9 Å². The van der Waals surface area contributed by atoms with Crippen LogP contribution in [0.4, 0.5) is 24.7 Å². The molecular formula is C36H41F3N6O6. The Labute approximate surface area is 293 Å². The zero-order chi connectivity index (χ0) is 36.4. The highest BCUT2D eigenvalue weighted by Crippen LogP contribution is 2.44. The van der Waals surface area contributed by atoms with Crippen molar-refractivity contribution in [2.75, 3.05) is 69.9 Å². The summed E-state index contributed by atoms with van der Waals surface area (Å²) >= 11 is 0. The molecule has 3 aliphatic heterocycles. The Balaban J connectivity index is 1.30. The minimum atomic E-state index is -4.56. The molecule has 3 aromatic rings. The van der Waals surface area contributed by atoms with E-state index in [9.17, 15) is 32.7 Å². The minimum Gasteiger partial charge on any atom is -0.497 e. The van der Waals surface area contributed by atoms with Gasteiger partial charge in [0.1, 0.15) is 5.75 Å². The maximum atomic E-state index is 14.6. The third-order valence-corrected chi connectivity index (χ3v) is 10.5. The number of halogens is 3. The molecular weight excluding hydrogens is 669 g/mol. The van der Waals surface area contributed by atoms with Crippen molar-refractivity contribution in [3.05, 3.63) is 77.0 Å². The Morgan fingerprint density at radius 3 is 2.22 bits per heavy atom. The van der Waals surface area contributed by atoms with Crippen molar-refractivity contribution in [1.82, 2.24) is 15.1 Å². The van der Waals surface area contributed by atoms with Crippen molar-refractivity contribution in [3.8, 4) is 5.75 Å². The highest BCUT2D eigenvalue weighted by atomic mass is 19.4. The zero-order valence-corrected chi connectivity index (χ0v) is 28.4. The molecule has 15 heteroatoms. The second kappa shape index (κ2) is 14.7. The molecule has 0 aliphatic carbocycles. The lowest BCUT2D eigenvalue weighted by Crippen LogP contribution is -2.38. The molecule has 272 valence electrons. The van der Waals surface area contributed by atoms with Gasteiger partial charge < -0.3 is 35.0 Å². The van der Waals surface area contributed by atoms with Gasteiger partial charge in [-0.2, -0.15) is 13.2 Å². The van der Waals surface area contributed by atoms with Gasteiger partial charge in [0.2, 0.25) is 5.91 Å². The molecule has 2 aromatic carbocycles. The lowest BCUT2D eigenvalue weighted by atomic mass is 9.86. The summed E-state index contributed by atoms with van der Waals surface area (Å²) in [5.41, 5.74) is 6.62. The van der Waals surface area contributed by atoms with Crippen molar-refractivity contribution in [1.29, 1.82) is 0 Å². The highest BCUT2D eigenvalue weighted by Gasteiger charge is 2.46. The van der Waals surface area contributed by atoms with Crippen LogP contribution in [0.5, 0.6) is 5.75 Å². The van der Waals surface area contributed by atoms with Gasteiger partial charge in [-0.05, 0) is 60.4 Å². The summed E-state index contributed by atoms with van der Waals surface area (Å²) < 4.78 is 52.8. The molecule has 51 heavy (non-hydrogen) atoms. The Hall–Kier alpha value is -4.92. The van der Waals surface area contributed by atoms with Crippen LogP contribution in [-0.4, -0.2) is 98.1 Å². The Kier molecular flexibility index (Phi) is 10.4. The van der Waals surface area contributed by atoms with Crippen LogP contribution in [0.25, 0.3) is 0 Å². The van der Waals surface area contributed by atoms with Gasteiger partial charge in [-0.1, -0.05) is 18.2 Å². The van der Waals surface area contributed by atoms with Crippen LogP contribution >= 0.6 is 0 Å². The lowest BCUT2D eigenvalue weighted by Gasteiger charge is -2.35. The average Bonchev–Trinajstić information content (AvgIpc) is 3.76. The van der Waals surface area contributed by atoms with Crippen molar-refractivity contribution < 1.29 is 42.1 Å². The van der Waals surface area contributed by atoms with Crippen LogP contribution in [-0.2, 0) is 20.5 Å². The number of carbonyl (C=O) groups is 3. The van der Waals surface area contributed by atoms with Gasteiger partial charge in [-0.3, -0.25) is 14.4 Å². The molecule has 3 saturated heterocycles. The summed E-state index contributed by atoms with van der Waals surface area (Å²) in [4.78, 5) is 43.4. The highest BCUT2D eigenvalue weighted by molar-refractivity contribution is 5.90. The summed E-state index contributed by atoms with van der Waals surface area (Å²) in [5, 5.41) is 17.7. The van der Waals surface area contributed by atoms with E-state index in [4.69, 9.17) is 15.2 Å². The number of methoxy groups -OCH3 is 2. The number of carbonyl (C=O) groups excluding carboxylic acids is 2. The third-order valence-electron chi connectivity index (χ3n) is 10.5. The molecule has 0 saturated carbocycles. The summed E-state index contributed by atoms with van der Waals surface area (Å²) in [6.45, 7) is 2.28. The molecule has 0 bridgehead atoms. The molecule has 0 unspecified atom stereocenters. The van der Waals surface area contributed by atoms with Gasteiger partial charge in [-0.25, -0.2) is 0 Å². The molecule has 3 N–H and O–H groups in total. The number of hydrogen-bond donors (Lipinski definition) is 2. The van der Waals surface area contributed by atoms with Crippen LogP contribution in [0.15, 0.2) is 54.6 Å². The summed E-state index contributed by atoms with van der Waals surface area (Å²) in [7, 11) is 3.14. The van der Waals surface area contributed by atoms with E-state index >= 15 is 0 Å². The number of piperidine rings is 1. The quantitative estimate of drug-likeness (QED) is 0.316. The smallest absolute Gasteiger partial charge is 0.416 e. The predicted octanol–water partition coefficient (Wildman–Crippen LogP) is 4.01. The number of primary amides is 1. The van der Waals surface area contributed by atoms with Gasteiger partial charge in [0, 0.05) is 69.8 Å². The van der Waals surface area contributed by atoms with E-state index in [0.717, 1.165) is 17.7 Å². The number of amides is 2. The number of benzene rings is 2. The lowest BCUT2D eigenvalue weighted by molar-refractivity contribution is -0.142. The standard InChI is InChI=1S/C36H41F3N6O6/c1-50-20-23-16-45(18-28(23)26-8-5-24(36(37,38)39)15-31(26)43-13-11-22(12-14-43)35(48)49)34(47)29-19-44(32-10-9-30(33(40)46)41-42-32)17-27(29)21-3-6-25(51-2)7-4-21/h3-10,15,22-23,27-29H,11-14,16-20H2,1-2H3,(H2,40,46)(H,48,49)/t23-,27+,28+,29-/m1/s1. The number of carboxylic acid groups (broad SMARTS) is 1. The maximum absolute atomic E-state index is 14.6. The van der Waals surface area contributed by atoms with E-state index in [-0.39, 0.29) is 42.5 Å². The molecule has 12 nitrogen and oxygen atoms in total. The van der Waals surface area contributed by atoms with E-state index in [2.05, 4.69) is 10.2 Å². The van der Waals surface area contributed by atoms with Gasteiger partial charge in [0.25, 0.3) is 5.91 Å². The number of ether oxygens (including phenoxy) is 2. The number of nitrogens with zero attached hydrogens (tertiary/aromatic N) is 5. The largest absolute Gasteiger partial charge is 0.497 e. The van der Waals surface area contributed by atoms with Gasteiger partial charge in [0.05, 0.1) is 31.1 Å². The molecule has 3 aliphatic rings. The van der Waals surface area contributed by atoms with E-state index < -0.39 is 35.5 Å². The minimum absolute atomic E-state index is 0.0264. The summed E-state index contributed by atoms with van der Waals surface area (Å²) in [6.07, 6.45) is -3.92. The number of aromatic nitrogens is 2. The molecule has 6 rings (SSSR count). The summed E-state index contributed by atoms with van der Waals surface area (Å²) in [5.74, 6) is -2.35. The van der Waals surface area contributed by atoms with Crippen LogP contribution in [0.3, 0.4) is 0 Å². The number of nitrogens with two attached hydrogens (primary N) is 1. The van der Waals surface area contributed by atoms with Gasteiger partial charge >= 0.3 is 12.1 Å². The second-order valence-electron chi connectivity index (χ2n) is 13.5. The molecule has 4 atom stereocenters. The molecule has 3 fully saturated rings. The second-order valence-corrected chi connectivity index (χ2v) is 13.5.